The zero-order chi connectivity index (χ0) is 19.8. The van der Waals surface area contributed by atoms with Crippen LogP contribution in [0.2, 0.25) is 0 Å². The molecule has 2 aliphatic heterocycles. The summed E-state index contributed by atoms with van der Waals surface area (Å²) in [5.41, 5.74) is 0.680. The number of amides is 2. The SMILES string of the molecule is CN1CCC(SC(=S)NCCCCNC(=O)Nc2ccc3c(c2)OCO3)CC1. The summed E-state index contributed by atoms with van der Waals surface area (Å²) in [4.78, 5) is 14.3. The largest absolute Gasteiger partial charge is 0.454 e. The number of nitrogens with one attached hydrogen (secondary N) is 3. The molecule has 0 spiro atoms. The lowest BCUT2D eigenvalue weighted by Gasteiger charge is -2.28. The van der Waals surface area contributed by atoms with E-state index in [-0.39, 0.29) is 12.8 Å². The second kappa shape index (κ2) is 10.7. The molecule has 0 aliphatic carbocycles. The first-order chi connectivity index (χ1) is 13.6. The van der Waals surface area contributed by atoms with Crippen molar-refractivity contribution in [1.82, 2.24) is 15.5 Å². The molecule has 2 heterocycles. The van der Waals surface area contributed by atoms with Crippen molar-refractivity contribution in [2.24, 2.45) is 0 Å². The third-order valence-electron chi connectivity index (χ3n) is 4.73. The molecule has 28 heavy (non-hydrogen) atoms. The Morgan fingerprint density at radius 2 is 1.89 bits per heavy atom. The van der Waals surface area contributed by atoms with Crippen LogP contribution in [0, 0.1) is 0 Å². The predicted octanol–water partition coefficient (Wildman–Crippen LogP) is 3.02. The molecule has 0 saturated carbocycles. The van der Waals surface area contributed by atoms with Crippen molar-refractivity contribution in [3.63, 3.8) is 0 Å². The average Bonchev–Trinajstić information content (AvgIpc) is 3.14. The van der Waals surface area contributed by atoms with Gasteiger partial charge in [0.2, 0.25) is 6.79 Å². The van der Waals surface area contributed by atoms with E-state index < -0.39 is 0 Å². The highest BCUT2D eigenvalue weighted by Crippen LogP contribution is 2.34. The van der Waals surface area contributed by atoms with E-state index in [9.17, 15) is 4.79 Å². The number of benzene rings is 1. The molecular formula is C19H28N4O3S2. The predicted molar refractivity (Wildman–Crippen MR) is 118 cm³/mol. The van der Waals surface area contributed by atoms with Crippen LogP contribution < -0.4 is 25.4 Å². The Morgan fingerprint density at radius 3 is 2.68 bits per heavy atom. The normalized spacial score (nSPS) is 16.6. The van der Waals surface area contributed by atoms with E-state index in [0.717, 1.165) is 36.8 Å². The lowest BCUT2D eigenvalue weighted by Crippen LogP contribution is -2.33. The number of piperidine rings is 1. The Morgan fingerprint density at radius 1 is 1.18 bits per heavy atom. The molecule has 0 bridgehead atoms. The summed E-state index contributed by atoms with van der Waals surface area (Å²) in [5.74, 6) is 1.35. The van der Waals surface area contributed by atoms with E-state index >= 15 is 0 Å². The van der Waals surface area contributed by atoms with Gasteiger partial charge in [-0.25, -0.2) is 4.79 Å². The van der Waals surface area contributed by atoms with Gasteiger partial charge in [0.1, 0.15) is 4.32 Å². The minimum absolute atomic E-state index is 0.221. The van der Waals surface area contributed by atoms with E-state index in [1.807, 2.05) is 0 Å². The molecule has 0 atom stereocenters. The van der Waals surface area contributed by atoms with Crippen LogP contribution >= 0.6 is 24.0 Å². The second-order valence-corrected chi connectivity index (χ2v) is 8.97. The van der Waals surface area contributed by atoms with Crippen LogP contribution in [0.4, 0.5) is 10.5 Å². The van der Waals surface area contributed by atoms with Crippen LogP contribution in [0.5, 0.6) is 11.5 Å². The van der Waals surface area contributed by atoms with Crippen molar-refractivity contribution in [1.29, 1.82) is 0 Å². The minimum atomic E-state index is -0.222. The van der Waals surface area contributed by atoms with E-state index in [1.54, 1.807) is 30.0 Å². The number of likely N-dealkylation sites (tertiary alicyclic amines) is 1. The van der Waals surface area contributed by atoms with Gasteiger partial charge in [-0.2, -0.15) is 0 Å². The number of ether oxygens (including phenoxy) is 2. The van der Waals surface area contributed by atoms with Crippen LogP contribution in [0.1, 0.15) is 25.7 Å². The maximum absolute atomic E-state index is 12.0. The van der Waals surface area contributed by atoms with Gasteiger partial charge in [-0.15, -0.1) is 0 Å². The van der Waals surface area contributed by atoms with Gasteiger partial charge >= 0.3 is 6.03 Å². The topological polar surface area (TPSA) is 74.9 Å². The van der Waals surface area contributed by atoms with E-state index in [4.69, 9.17) is 21.7 Å². The van der Waals surface area contributed by atoms with Crippen molar-refractivity contribution in [3.8, 4) is 11.5 Å². The Balaban J connectivity index is 1.22. The molecule has 3 N–H and O–H groups in total. The fourth-order valence-electron chi connectivity index (χ4n) is 3.09. The van der Waals surface area contributed by atoms with E-state index in [2.05, 4.69) is 27.9 Å². The van der Waals surface area contributed by atoms with E-state index in [1.165, 1.54) is 12.8 Å². The second-order valence-electron chi connectivity index (χ2n) is 6.99. The number of unbranched alkanes of at least 4 members (excludes halogenated alkanes) is 1. The maximum atomic E-state index is 12.0. The molecule has 9 heteroatoms. The molecule has 1 aromatic carbocycles. The number of carbonyl (C=O) groups is 1. The molecule has 154 valence electrons. The number of rotatable bonds is 7. The summed E-state index contributed by atoms with van der Waals surface area (Å²) in [5, 5.41) is 9.62. The smallest absolute Gasteiger partial charge is 0.319 e. The Bertz CT molecular complexity index is 681. The molecule has 2 amide bonds. The lowest BCUT2D eigenvalue weighted by atomic mass is 10.1. The van der Waals surface area contributed by atoms with Gasteiger partial charge in [-0.05, 0) is 58.0 Å². The highest BCUT2D eigenvalue weighted by Gasteiger charge is 2.18. The summed E-state index contributed by atoms with van der Waals surface area (Å²) in [7, 11) is 2.17. The zero-order valence-corrected chi connectivity index (χ0v) is 17.8. The number of thiocarbonyl (C=S) groups is 1. The van der Waals surface area contributed by atoms with Crippen LogP contribution in [-0.4, -0.2) is 60.5 Å². The molecule has 1 saturated heterocycles. The van der Waals surface area contributed by atoms with Gasteiger partial charge in [0.05, 0.1) is 0 Å². The molecule has 2 aliphatic rings. The van der Waals surface area contributed by atoms with Crippen molar-refractivity contribution < 1.29 is 14.3 Å². The summed E-state index contributed by atoms with van der Waals surface area (Å²) in [6.07, 6.45) is 4.25. The van der Waals surface area contributed by atoms with Gasteiger partial charge in [0.15, 0.2) is 11.5 Å². The third-order valence-corrected chi connectivity index (χ3v) is 6.32. The van der Waals surface area contributed by atoms with Crippen molar-refractivity contribution >= 4 is 40.0 Å². The van der Waals surface area contributed by atoms with Gasteiger partial charge in [-0.3, -0.25) is 0 Å². The summed E-state index contributed by atoms with van der Waals surface area (Å²) in [6, 6.07) is 5.12. The molecule has 0 aromatic heterocycles. The van der Waals surface area contributed by atoms with Crippen LogP contribution in [0.15, 0.2) is 18.2 Å². The van der Waals surface area contributed by atoms with Gasteiger partial charge in [0, 0.05) is 30.1 Å². The number of carbonyl (C=O) groups excluding carboxylic acids is 1. The Hall–Kier alpha value is -1.71. The van der Waals surface area contributed by atoms with Crippen LogP contribution in [0.25, 0.3) is 0 Å². The molecule has 7 nitrogen and oxygen atoms in total. The lowest BCUT2D eigenvalue weighted by molar-refractivity contribution is 0.174. The molecule has 0 radical (unpaired) electrons. The number of urea groups is 1. The van der Waals surface area contributed by atoms with Crippen molar-refractivity contribution in [2.75, 3.05) is 45.3 Å². The standard InChI is InChI=1S/C19H28N4O3S2/c1-23-10-6-15(7-11-23)28-19(27)21-9-3-2-8-20-18(24)22-14-4-5-16-17(12-14)26-13-25-16/h4-5,12,15H,2-3,6-11,13H2,1H3,(H,21,27)(H2,20,22,24). The quantitative estimate of drug-likeness (QED) is 0.459. The number of anilines is 1. The number of hydrogen-bond acceptors (Lipinski definition) is 6. The summed E-state index contributed by atoms with van der Waals surface area (Å²) >= 11 is 7.23. The maximum Gasteiger partial charge on any atom is 0.319 e. The van der Waals surface area contributed by atoms with E-state index in [0.29, 0.717) is 29.0 Å². The van der Waals surface area contributed by atoms with Crippen molar-refractivity contribution in [3.05, 3.63) is 18.2 Å². The molecular weight excluding hydrogens is 396 g/mol. The highest BCUT2D eigenvalue weighted by molar-refractivity contribution is 8.23. The van der Waals surface area contributed by atoms with Crippen LogP contribution in [0.3, 0.4) is 0 Å². The molecule has 3 rings (SSSR count). The molecule has 1 fully saturated rings. The number of fused-ring (bicyclic) bond motifs is 1. The molecule has 1 aromatic rings. The van der Waals surface area contributed by atoms with Gasteiger partial charge in [-0.1, -0.05) is 24.0 Å². The average molecular weight is 425 g/mol. The number of thioether (sulfide) groups is 1. The monoisotopic (exact) mass is 424 g/mol. The highest BCUT2D eigenvalue weighted by atomic mass is 32.2. The minimum Gasteiger partial charge on any atom is -0.454 e. The third kappa shape index (κ3) is 6.72. The Labute approximate surface area is 175 Å². The first-order valence-electron chi connectivity index (χ1n) is 9.67. The van der Waals surface area contributed by atoms with Crippen LogP contribution in [-0.2, 0) is 0 Å². The summed E-state index contributed by atoms with van der Waals surface area (Å²) < 4.78 is 11.4. The first kappa shape index (κ1) is 21.0. The van der Waals surface area contributed by atoms with Gasteiger partial charge < -0.3 is 30.3 Å². The Kier molecular flexibility index (Phi) is 8.05. The fourth-order valence-corrected chi connectivity index (χ4v) is 4.53. The number of hydrogen-bond donors (Lipinski definition) is 3. The first-order valence-corrected chi connectivity index (χ1v) is 11.0. The zero-order valence-electron chi connectivity index (χ0n) is 16.2. The van der Waals surface area contributed by atoms with Gasteiger partial charge in [0.25, 0.3) is 0 Å². The van der Waals surface area contributed by atoms with Crippen molar-refractivity contribution in [2.45, 2.75) is 30.9 Å². The molecule has 0 unspecified atom stereocenters. The summed E-state index contributed by atoms with van der Waals surface area (Å²) in [6.45, 7) is 3.98. The number of nitrogens with zero attached hydrogens (tertiary/aromatic N) is 1. The fraction of sp³-hybridized carbons (Fsp3) is 0.579.